The molecule has 1 unspecified atom stereocenters. The van der Waals surface area contributed by atoms with E-state index >= 15 is 0 Å². The number of hydrogen-bond donors (Lipinski definition) is 0. The van der Waals surface area contributed by atoms with Gasteiger partial charge in [-0.25, -0.2) is 0 Å². The topological polar surface area (TPSA) is 18.5 Å². The van der Waals surface area contributed by atoms with Crippen molar-refractivity contribution in [3.05, 3.63) is 125 Å². The Labute approximate surface area is 247 Å². The summed E-state index contributed by atoms with van der Waals surface area (Å²) in [6, 6.07) is 29.3. The quantitative estimate of drug-likeness (QED) is 0.193. The molecule has 0 bridgehead atoms. The third kappa shape index (κ3) is 9.48. The Bertz CT molecular complexity index is 1130. The zero-order chi connectivity index (χ0) is 26.6. The first-order valence-electron chi connectivity index (χ1n) is 13.4. The van der Waals surface area contributed by atoms with Crippen molar-refractivity contribution in [2.45, 2.75) is 65.7 Å². The van der Waals surface area contributed by atoms with Gasteiger partial charge < -0.3 is 8.85 Å². The molecule has 0 heterocycles. The largest absolute Gasteiger partial charge is 2.00 e. The summed E-state index contributed by atoms with van der Waals surface area (Å²) in [4.78, 5) is 0. The Kier molecular flexibility index (Phi) is 14.0. The van der Waals surface area contributed by atoms with Gasteiger partial charge in [-0.15, -0.1) is 0 Å². The van der Waals surface area contributed by atoms with Crippen molar-refractivity contribution in [2.24, 2.45) is 0 Å². The molecule has 4 rings (SSSR count). The van der Waals surface area contributed by atoms with Gasteiger partial charge in [0.15, 0.2) is 0 Å². The van der Waals surface area contributed by atoms with E-state index in [2.05, 4.69) is 114 Å². The SMILES string of the molecule is C(C=Cc1ccccc1)=Cc1ccccc1.CCC1=C(C)C([SiH](OC(C)C)OC(C)C)c2ccccc21.[Ti+2]. The van der Waals surface area contributed by atoms with E-state index in [4.69, 9.17) is 8.85 Å². The molecule has 0 saturated carbocycles. The van der Waals surface area contributed by atoms with E-state index in [-0.39, 0.29) is 33.9 Å². The van der Waals surface area contributed by atoms with Crippen molar-refractivity contribution < 1.29 is 30.6 Å². The molecule has 0 aromatic heterocycles. The fourth-order valence-electron chi connectivity index (χ4n) is 4.68. The van der Waals surface area contributed by atoms with Crippen molar-refractivity contribution in [1.82, 2.24) is 0 Å². The van der Waals surface area contributed by atoms with E-state index in [1.807, 2.05) is 36.4 Å². The Morgan fingerprint density at radius 3 is 1.61 bits per heavy atom. The molecule has 1 aliphatic rings. The molecule has 0 saturated heterocycles. The summed E-state index contributed by atoms with van der Waals surface area (Å²) in [6.45, 7) is 12.9. The van der Waals surface area contributed by atoms with E-state index in [1.165, 1.54) is 33.4 Å². The minimum absolute atomic E-state index is 0. The molecule has 38 heavy (non-hydrogen) atoms. The third-order valence-corrected chi connectivity index (χ3v) is 9.32. The molecule has 0 radical (unpaired) electrons. The molecule has 1 aliphatic carbocycles. The van der Waals surface area contributed by atoms with Crippen LogP contribution in [-0.2, 0) is 30.6 Å². The molecule has 3 aromatic carbocycles. The van der Waals surface area contributed by atoms with Gasteiger partial charge in [-0.05, 0) is 68.9 Å². The summed E-state index contributed by atoms with van der Waals surface area (Å²) >= 11 is 0. The van der Waals surface area contributed by atoms with Gasteiger partial charge in [0.25, 0.3) is 0 Å². The Morgan fingerprint density at radius 2 is 1.16 bits per heavy atom. The zero-order valence-electron chi connectivity index (χ0n) is 23.7. The average Bonchev–Trinajstić information content (AvgIpc) is 3.18. The fraction of sp³-hybridized carbons (Fsp3) is 0.294. The minimum atomic E-state index is -1.81. The van der Waals surface area contributed by atoms with Crippen LogP contribution in [0.5, 0.6) is 0 Å². The van der Waals surface area contributed by atoms with Crippen LogP contribution in [0.25, 0.3) is 17.7 Å². The maximum absolute atomic E-state index is 6.25. The zero-order valence-corrected chi connectivity index (χ0v) is 26.4. The van der Waals surface area contributed by atoms with Crippen LogP contribution in [0.15, 0.2) is 103 Å². The van der Waals surface area contributed by atoms with Crippen molar-refractivity contribution in [3.63, 3.8) is 0 Å². The van der Waals surface area contributed by atoms with E-state index in [0.29, 0.717) is 5.54 Å². The maximum Gasteiger partial charge on any atom is 2.00 e. The second-order valence-corrected chi connectivity index (χ2v) is 11.8. The van der Waals surface area contributed by atoms with E-state index in [9.17, 15) is 0 Å². The standard InChI is InChI=1S/C18H28O2Si.C16H14.Ti/c1-7-15-14(6)18(17-11-9-8-10-16(15)17)21(19-12(2)3)20-13(4)5;1-3-9-15(10-4-1)13-7-8-14-16-11-5-2-6-12-16;/h8-13,18,21H,7H2,1-6H3;1-14H;/q;;+2. The number of allylic oxidation sites excluding steroid dienone is 4. The van der Waals surface area contributed by atoms with Crippen LogP contribution in [0.4, 0.5) is 0 Å². The molecular weight excluding hydrogens is 516 g/mol. The van der Waals surface area contributed by atoms with Crippen molar-refractivity contribution in [3.8, 4) is 0 Å². The number of hydrogen-bond acceptors (Lipinski definition) is 2. The van der Waals surface area contributed by atoms with Gasteiger partial charge in [-0.1, -0.05) is 122 Å². The second kappa shape index (κ2) is 16.6. The van der Waals surface area contributed by atoms with Gasteiger partial charge in [0.1, 0.15) is 0 Å². The predicted octanol–water partition coefficient (Wildman–Crippen LogP) is 8.99. The van der Waals surface area contributed by atoms with Crippen LogP contribution in [0, 0.1) is 0 Å². The van der Waals surface area contributed by atoms with Crippen LogP contribution in [0.3, 0.4) is 0 Å². The first-order valence-corrected chi connectivity index (χ1v) is 15.1. The van der Waals surface area contributed by atoms with Crippen LogP contribution in [0.2, 0.25) is 0 Å². The summed E-state index contributed by atoms with van der Waals surface area (Å²) in [6.07, 6.45) is 9.81. The number of rotatable bonds is 9. The first-order chi connectivity index (χ1) is 17.9. The molecule has 196 valence electrons. The molecule has 0 spiro atoms. The summed E-state index contributed by atoms with van der Waals surface area (Å²) in [5.74, 6) is 0. The molecule has 3 aromatic rings. The van der Waals surface area contributed by atoms with Gasteiger partial charge in [0, 0.05) is 17.7 Å². The summed E-state index contributed by atoms with van der Waals surface area (Å²) in [5.41, 5.74) is 8.54. The molecule has 0 N–H and O–H groups in total. The Hall–Kier alpha value is -2.27. The summed E-state index contributed by atoms with van der Waals surface area (Å²) in [5, 5.41) is 0. The molecule has 0 fully saturated rings. The van der Waals surface area contributed by atoms with E-state index in [1.54, 1.807) is 0 Å². The third-order valence-electron chi connectivity index (χ3n) is 6.29. The van der Waals surface area contributed by atoms with Gasteiger partial charge in [0.05, 0.1) is 0 Å². The second-order valence-electron chi connectivity index (χ2n) is 9.86. The van der Waals surface area contributed by atoms with Crippen molar-refractivity contribution >= 4 is 27.0 Å². The average molecular weight is 559 g/mol. The predicted molar refractivity (Wildman–Crippen MR) is 163 cm³/mol. The van der Waals surface area contributed by atoms with Crippen molar-refractivity contribution in [2.75, 3.05) is 0 Å². The number of fused-ring (bicyclic) bond motifs is 1. The molecule has 1 atom stereocenters. The van der Waals surface area contributed by atoms with Gasteiger partial charge >= 0.3 is 31.0 Å². The Balaban J connectivity index is 0.000000269. The van der Waals surface area contributed by atoms with Gasteiger partial charge in [0.2, 0.25) is 0 Å². The summed E-state index contributed by atoms with van der Waals surface area (Å²) in [7, 11) is -1.81. The molecule has 2 nitrogen and oxygen atoms in total. The van der Waals surface area contributed by atoms with Crippen LogP contribution in [0.1, 0.15) is 75.8 Å². The minimum Gasteiger partial charge on any atom is -0.393 e. The normalized spacial score (nSPS) is 14.8. The smallest absolute Gasteiger partial charge is 0.393 e. The summed E-state index contributed by atoms with van der Waals surface area (Å²) < 4.78 is 12.5. The fourth-order valence-corrected chi connectivity index (χ4v) is 7.33. The van der Waals surface area contributed by atoms with Crippen LogP contribution < -0.4 is 0 Å². The first kappa shape index (κ1) is 31.9. The monoisotopic (exact) mass is 558 g/mol. The molecular formula is C34H42O2SiTi+2. The van der Waals surface area contributed by atoms with E-state index in [0.717, 1.165) is 6.42 Å². The van der Waals surface area contributed by atoms with Gasteiger partial charge in [-0.2, -0.15) is 0 Å². The Morgan fingerprint density at radius 1 is 0.711 bits per heavy atom. The molecule has 0 aliphatic heterocycles. The molecule has 0 amide bonds. The number of benzene rings is 3. The van der Waals surface area contributed by atoms with E-state index < -0.39 is 9.28 Å². The van der Waals surface area contributed by atoms with Crippen molar-refractivity contribution in [1.29, 1.82) is 0 Å². The van der Waals surface area contributed by atoms with Crippen LogP contribution in [-0.4, -0.2) is 21.5 Å². The molecule has 4 heteroatoms. The maximum atomic E-state index is 6.25. The van der Waals surface area contributed by atoms with Gasteiger partial charge in [-0.3, -0.25) is 0 Å². The van der Waals surface area contributed by atoms with Crippen LogP contribution >= 0.6 is 0 Å².